The summed E-state index contributed by atoms with van der Waals surface area (Å²) in [6, 6.07) is -5.18. The maximum Gasteiger partial charge on any atom is 0.326 e. The van der Waals surface area contributed by atoms with E-state index in [0.29, 0.717) is 5.19 Å². The smallest absolute Gasteiger partial charge is 0.326 e. The Morgan fingerprint density at radius 1 is 0.412 bits per heavy atom. The van der Waals surface area contributed by atoms with E-state index in [1.54, 1.807) is 41.5 Å². The van der Waals surface area contributed by atoms with Gasteiger partial charge in [-0.25, -0.2) is 24.0 Å². The number of carbonyl (C=O) groups excluding carboxylic acids is 7. The molecule has 6 atom stereocenters. The predicted octanol–water partition coefficient (Wildman–Crippen LogP) is -1.72. The largest absolute Gasteiger partial charge is 0.481 e. The highest BCUT2D eigenvalue weighted by Crippen LogP contribution is 2.51. The molecule has 1 aliphatic heterocycles. The van der Waals surface area contributed by atoms with Crippen LogP contribution in [0.2, 0.25) is 10.1 Å². The van der Waals surface area contributed by atoms with Gasteiger partial charge in [0.05, 0.1) is 19.6 Å². The van der Waals surface area contributed by atoms with E-state index in [1.807, 2.05) is 10.6 Å². The summed E-state index contributed by atoms with van der Waals surface area (Å²) in [5.41, 5.74) is 0.0380. The Morgan fingerprint density at radius 2 is 0.794 bits per heavy atom. The topological polar surface area (TPSA) is 564 Å². The second kappa shape index (κ2) is 43.4. The average molecular weight is 1470 g/mol. The van der Waals surface area contributed by atoms with E-state index >= 15 is 4.11 Å². The van der Waals surface area contributed by atoms with Gasteiger partial charge in [0.2, 0.25) is 29.5 Å². The van der Waals surface area contributed by atoms with Crippen LogP contribution in [0.25, 0.3) is 0 Å². The number of carbonyl (C=O) groups is 16. The second-order valence-electron chi connectivity index (χ2n) is 26.6. The fourth-order valence-electron chi connectivity index (χ4n) is 11.4. The molecule has 0 unspecified atom stereocenters. The second-order valence-corrected chi connectivity index (χ2v) is 31.5. The molecule has 572 valence electrons. The van der Waals surface area contributed by atoms with Gasteiger partial charge < -0.3 is 92.6 Å². The number of nitrogens with zero attached hydrogens (tertiary/aromatic N) is 4. The molecule has 1 aromatic rings. The summed E-state index contributed by atoms with van der Waals surface area (Å²) in [7, 11) is -3.77. The normalized spacial score (nSPS) is 15.6. The number of hydrogen-bond acceptors (Lipinski definition) is 20. The number of carboxylic acids is 9. The highest BCUT2D eigenvalue weighted by molar-refractivity contribution is 6.90. The van der Waals surface area contributed by atoms with Gasteiger partial charge in [0.15, 0.2) is 0 Å². The molecule has 102 heavy (non-hydrogen) atoms. The minimum Gasteiger partial charge on any atom is -0.481 e. The molecule has 0 bridgehead atoms. The van der Waals surface area contributed by atoms with Crippen LogP contribution in [0, 0.1) is 0 Å². The number of carboxylic acid groups (broad SMARTS) is 9. The number of aliphatic carboxylic acids is 9. The molecule has 2 rings (SSSR count). The molecular weight excluding hydrogens is 1370 g/mol. The maximum absolute atomic E-state index is 17.1. The van der Waals surface area contributed by atoms with Crippen molar-refractivity contribution in [1.29, 1.82) is 0 Å². The van der Waals surface area contributed by atoms with E-state index in [9.17, 15) is 118 Å². The standard InChI is InChI=1S/C63H99FN12O25Si/c1-62(2,3)102(64,63(4,5)6)39-14-12-38(13-15-39)54(89)67-34-44(69-49(80)20-18-45(60(99)100)76-32-30-74(36-52(85)86)28-26-73(35-51(83)84)27-29-75(31-33-76)37-53(87)88)55(90)70-41(57(93)94)10-7-8-24-65-46(77)21-22-47(78)66-25-9-11-40(56(91)92)68-48(79)19-16-42(58(95)96)71-61(101)72-43(59(97)98)17-23-50(81)82/h12-15,40-45H,7-11,16-37H2,1-6H3,(H,65,77)(H,66,78)(H,67,89)(H,68,79)(H,69,80)(H,70,90)(H,81,82)(H,83,84)(H,85,86)(H,87,88)(H,91,92)(H,93,94)(H,95,96)(H,97,98)(H,99,100)(H2,71,72,101)/t40-,41-,42-,43-,44-,45-/m0/s1. The molecule has 37 nitrogen and oxygen atoms in total. The van der Waals surface area contributed by atoms with E-state index in [2.05, 4.69) is 31.9 Å². The molecule has 0 radical (unpaired) electrons. The highest BCUT2D eigenvalue weighted by atomic mass is 28.4. The van der Waals surface area contributed by atoms with Gasteiger partial charge in [-0.15, -0.1) is 0 Å². The lowest BCUT2D eigenvalue weighted by atomic mass is 10.1. The zero-order valence-electron chi connectivity index (χ0n) is 58.1. The third kappa shape index (κ3) is 32.9. The minimum atomic E-state index is -3.77. The lowest BCUT2D eigenvalue weighted by molar-refractivity contribution is -0.145. The van der Waals surface area contributed by atoms with Gasteiger partial charge in [0.1, 0.15) is 36.3 Å². The molecule has 0 spiro atoms. The monoisotopic (exact) mass is 1470 g/mol. The van der Waals surface area contributed by atoms with E-state index in [0.717, 1.165) is 0 Å². The van der Waals surface area contributed by atoms with Gasteiger partial charge in [-0.05, 0) is 78.8 Å². The van der Waals surface area contributed by atoms with E-state index in [4.69, 9.17) is 5.11 Å². The van der Waals surface area contributed by atoms with Crippen molar-refractivity contribution in [2.75, 3.05) is 91.6 Å². The number of urea groups is 1. The molecule has 0 aromatic heterocycles. The van der Waals surface area contributed by atoms with E-state index in [-0.39, 0.29) is 116 Å². The first kappa shape index (κ1) is 88.6. The van der Waals surface area contributed by atoms with Crippen LogP contribution in [0.1, 0.15) is 135 Å². The molecule has 0 saturated carbocycles. The van der Waals surface area contributed by atoms with Crippen molar-refractivity contribution in [3.05, 3.63) is 29.8 Å². The third-order valence-corrected chi connectivity index (χ3v) is 21.9. The summed E-state index contributed by atoms with van der Waals surface area (Å²) in [5, 5.41) is 104. The van der Waals surface area contributed by atoms with Gasteiger partial charge in [0, 0.05) is 110 Å². The number of rotatable bonds is 43. The third-order valence-electron chi connectivity index (χ3n) is 16.6. The van der Waals surface area contributed by atoms with E-state index in [1.165, 1.54) is 43.9 Å². The molecule has 1 heterocycles. The molecule has 1 aromatic carbocycles. The van der Waals surface area contributed by atoms with Crippen LogP contribution >= 0.6 is 0 Å². The molecule has 1 saturated heterocycles. The van der Waals surface area contributed by atoms with Crippen LogP contribution in [0.15, 0.2) is 24.3 Å². The molecule has 8 amide bonds. The zero-order valence-corrected chi connectivity index (χ0v) is 59.1. The number of nitrogens with one attached hydrogen (secondary N) is 8. The van der Waals surface area contributed by atoms with Crippen molar-refractivity contribution in [2.45, 2.75) is 171 Å². The Kier molecular flexibility index (Phi) is 37.7. The van der Waals surface area contributed by atoms with E-state index < -0.39 is 215 Å². The maximum atomic E-state index is 17.1. The summed E-state index contributed by atoms with van der Waals surface area (Å²) >= 11 is 0. The van der Waals surface area contributed by atoms with Gasteiger partial charge in [-0.2, -0.15) is 0 Å². The lowest BCUT2D eigenvalue weighted by Gasteiger charge is -2.44. The predicted molar refractivity (Wildman–Crippen MR) is 359 cm³/mol. The molecule has 1 fully saturated rings. The number of unbranched alkanes of at least 4 members (excludes halogenated alkanes) is 1. The van der Waals surface area contributed by atoms with Crippen LogP contribution in [0.4, 0.5) is 8.90 Å². The van der Waals surface area contributed by atoms with Crippen LogP contribution in [0.3, 0.4) is 0 Å². The minimum absolute atomic E-state index is 0.00207. The van der Waals surface area contributed by atoms with Crippen LogP contribution in [0.5, 0.6) is 0 Å². The summed E-state index contributed by atoms with van der Waals surface area (Å²) in [6.07, 6.45) is -4.25. The first-order valence-electron chi connectivity index (χ1n) is 33.0. The molecule has 17 N–H and O–H groups in total. The van der Waals surface area contributed by atoms with Gasteiger partial charge >= 0.3 is 59.8 Å². The van der Waals surface area contributed by atoms with Crippen molar-refractivity contribution < 1.29 is 127 Å². The number of amides is 8. The summed E-state index contributed by atoms with van der Waals surface area (Å²) in [5.74, 6) is -17.5. The van der Waals surface area contributed by atoms with Crippen LogP contribution < -0.4 is 47.7 Å². The van der Waals surface area contributed by atoms with Crippen molar-refractivity contribution >= 4 is 109 Å². The molecular formula is C63H99FN12O25Si. The summed E-state index contributed by atoms with van der Waals surface area (Å²) in [4.78, 5) is 205. The van der Waals surface area contributed by atoms with Crippen molar-refractivity contribution in [3.8, 4) is 0 Å². The SMILES string of the molecule is CC(C)(C)[Si](F)(c1ccc(C(=O)NC[C@H](NC(=O)CC[C@@H](C(=O)O)N2CCN(CC(=O)O)CCN(CC(=O)O)CCN(CC(=O)O)CC2)C(=O)N[C@@H](CCCCNC(=O)CCC(=O)NCCC[C@H](NC(=O)CC[C@H](NC(=O)N[C@@H](CCC(=O)O)C(=O)O)C(=O)O)C(=O)O)C(=O)O)cc1)C(C)(C)C. The zero-order chi connectivity index (χ0) is 77.2. The van der Waals surface area contributed by atoms with Crippen LogP contribution in [-0.4, -0.2) is 297 Å². The quantitative estimate of drug-likeness (QED) is 0.0197. The Hall–Kier alpha value is -9.47. The first-order valence-corrected chi connectivity index (χ1v) is 34.9. The highest BCUT2D eigenvalue weighted by Gasteiger charge is 2.56. The fraction of sp³-hybridized carbons (Fsp3) is 0.651. The number of benzene rings is 1. The van der Waals surface area contributed by atoms with Crippen molar-refractivity contribution in [1.82, 2.24) is 62.1 Å². The Labute approximate surface area is 588 Å². The Bertz CT molecular complexity index is 3050. The summed E-state index contributed by atoms with van der Waals surface area (Å²) < 4.78 is 17.1. The van der Waals surface area contributed by atoms with Crippen molar-refractivity contribution in [3.63, 3.8) is 0 Å². The number of halogens is 1. The van der Waals surface area contributed by atoms with Gasteiger partial charge in [0.25, 0.3) is 14.3 Å². The average Bonchev–Trinajstić information content (AvgIpc) is 0.748. The first-order chi connectivity index (χ1) is 47.5. The molecule has 0 aliphatic carbocycles. The number of hydrogen-bond donors (Lipinski definition) is 17. The fourth-order valence-corrected chi connectivity index (χ4v) is 16.0. The van der Waals surface area contributed by atoms with Crippen LogP contribution in [-0.2, 0) is 67.1 Å². The Morgan fingerprint density at radius 3 is 1.21 bits per heavy atom. The molecule has 39 heteroatoms. The molecule has 1 aliphatic rings. The van der Waals surface area contributed by atoms with Crippen molar-refractivity contribution in [2.24, 2.45) is 0 Å². The summed E-state index contributed by atoms with van der Waals surface area (Å²) in [6.45, 7) is 8.44. The van der Waals surface area contributed by atoms with Gasteiger partial charge in [-0.3, -0.25) is 72.3 Å². The van der Waals surface area contributed by atoms with Gasteiger partial charge in [-0.1, -0.05) is 53.7 Å². The lowest BCUT2D eigenvalue weighted by Crippen LogP contribution is -2.58. The Balaban J connectivity index is 2.15.